The molecule has 354 valence electrons. The predicted molar refractivity (Wildman–Crippen MR) is 239 cm³/mol. The molecule has 0 spiro atoms. The van der Waals surface area contributed by atoms with Gasteiger partial charge in [0.2, 0.25) is 0 Å². The molecular weight excluding hydrogens is 803 g/mol. The fraction of sp³-hybridized carbons (Fsp3) is 0.787. The second-order valence-corrected chi connectivity index (χ2v) is 17.7. The lowest BCUT2D eigenvalue weighted by Crippen LogP contribution is -2.64. The Balaban J connectivity index is 2.51. The van der Waals surface area contributed by atoms with Gasteiger partial charge in [0.15, 0.2) is 6.10 Å². The molecule has 0 aromatic rings. The molecule has 0 aliphatic heterocycles. The van der Waals surface area contributed by atoms with E-state index in [0.717, 1.165) is 38.5 Å². The molecule has 13 nitrogen and oxygen atoms in total. The third-order valence-corrected chi connectivity index (χ3v) is 11.6. The summed E-state index contributed by atoms with van der Waals surface area (Å²) < 4.78 is 33.4. The highest BCUT2D eigenvalue weighted by molar-refractivity contribution is 7.47. The van der Waals surface area contributed by atoms with E-state index in [1.165, 1.54) is 96.3 Å². The van der Waals surface area contributed by atoms with Gasteiger partial charge < -0.3 is 39.9 Å². The Labute approximate surface area is 367 Å². The molecule has 1 fully saturated rings. The number of carbonyl (C=O) groups excluding carboxylic acids is 2. The maximum Gasteiger partial charge on any atom is 0.472 e. The molecule has 0 aromatic carbocycles. The van der Waals surface area contributed by atoms with Crippen LogP contribution in [0.4, 0.5) is 0 Å². The molecular formula is C47H83O13P. The molecule has 14 heteroatoms. The maximum absolute atomic E-state index is 12.8. The van der Waals surface area contributed by atoms with Crippen LogP contribution in [0.15, 0.2) is 48.6 Å². The zero-order chi connectivity index (χ0) is 45.0. The minimum atomic E-state index is -5.14. The number of unbranched alkanes of at least 4 members (excludes halogenated alkanes) is 18. The van der Waals surface area contributed by atoms with Gasteiger partial charge in [0.25, 0.3) is 0 Å². The molecule has 1 saturated carbocycles. The van der Waals surface area contributed by atoms with E-state index in [1.807, 2.05) is 12.2 Å². The van der Waals surface area contributed by atoms with Crippen LogP contribution in [-0.2, 0) is 32.7 Å². The number of hydrogen-bond donors (Lipinski definition) is 6. The number of phosphoric acid groups is 1. The highest BCUT2D eigenvalue weighted by Gasteiger charge is 2.51. The highest BCUT2D eigenvalue weighted by atomic mass is 31.2. The van der Waals surface area contributed by atoms with E-state index in [9.17, 15) is 44.6 Å². The van der Waals surface area contributed by atoms with Gasteiger partial charge in [-0.3, -0.25) is 18.6 Å². The van der Waals surface area contributed by atoms with Gasteiger partial charge in [-0.05, 0) is 70.6 Å². The van der Waals surface area contributed by atoms with Gasteiger partial charge in [-0.2, -0.15) is 0 Å². The zero-order valence-corrected chi connectivity index (χ0v) is 38.3. The van der Waals surface area contributed by atoms with Gasteiger partial charge in [-0.25, -0.2) is 4.57 Å². The van der Waals surface area contributed by atoms with Gasteiger partial charge in [0, 0.05) is 12.8 Å². The second-order valence-electron chi connectivity index (χ2n) is 16.3. The fourth-order valence-electron chi connectivity index (χ4n) is 6.83. The van der Waals surface area contributed by atoms with Crippen molar-refractivity contribution >= 4 is 19.8 Å². The lowest BCUT2D eigenvalue weighted by Gasteiger charge is -2.41. The summed E-state index contributed by atoms with van der Waals surface area (Å²) in [6.45, 7) is 3.23. The molecule has 0 radical (unpaired) electrons. The molecule has 0 bridgehead atoms. The van der Waals surface area contributed by atoms with Crippen LogP contribution in [0.2, 0.25) is 0 Å². The predicted octanol–water partition coefficient (Wildman–Crippen LogP) is 9.17. The van der Waals surface area contributed by atoms with E-state index in [2.05, 4.69) is 50.3 Å². The molecule has 8 atom stereocenters. The summed E-state index contributed by atoms with van der Waals surface area (Å²) in [4.78, 5) is 35.7. The molecule has 1 rings (SSSR count). The summed E-state index contributed by atoms with van der Waals surface area (Å²) >= 11 is 0. The first kappa shape index (κ1) is 56.8. The van der Waals surface area contributed by atoms with Crippen LogP contribution in [0.5, 0.6) is 0 Å². The molecule has 0 saturated heterocycles. The van der Waals surface area contributed by atoms with Gasteiger partial charge >= 0.3 is 19.8 Å². The lowest BCUT2D eigenvalue weighted by molar-refractivity contribution is -0.220. The Hall–Kier alpha value is -2.19. The number of hydrogen-bond acceptors (Lipinski definition) is 12. The van der Waals surface area contributed by atoms with E-state index < -0.39 is 75.7 Å². The fourth-order valence-corrected chi connectivity index (χ4v) is 7.80. The number of phosphoric ester groups is 1. The van der Waals surface area contributed by atoms with Crippen molar-refractivity contribution in [2.45, 2.75) is 224 Å². The van der Waals surface area contributed by atoms with Crippen molar-refractivity contribution in [3.8, 4) is 0 Å². The van der Waals surface area contributed by atoms with Crippen LogP contribution < -0.4 is 0 Å². The number of carbonyl (C=O) groups is 2. The van der Waals surface area contributed by atoms with Gasteiger partial charge in [-0.1, -0.05) is 146 Å². The largest absolute Gasteiger partial charge is 0.472 e. The van der Waals surface area contributed by atoms with Crippen molar-refractivity contribution in [2.75, 3.05) is 13.2 Å². The summed E-state index contributed by atoms with van der Waals surface area (Å²) in [5, 5.41) is 50.1. The average Bonchev–Trinajstić information content (AvgIpc) is 3.24. The minimum absolute atomic E-state index is 0.0204. The van der Waals surface area contributed by atoms with Crippen LogP contribution in [-0.4, -0.2) is 98.3 Å². The summed E-state index contributed by atoms with van der Waals surface area (Å²) in [7, 11) is -5.14. The van der Waals surface area contributed by atoms with E-state index in [4.69, 9.17) is 18.5 Å². The van der Waals surface area contributed by atoms with Crippen LogP contribution in [0.25, 0.3) is 0 Å². The Morgan fingerprint density at radius 3 is 1.41 bits per heavy atom. The topological polar surface area (TPSA) is 210 Å². The van der Waals surface area contributed by atoms with Crippen LogP contribution in [0.1, 0.15) is 181 Å². The van der Waals surface area contributed by atoms with E-state index in [-0.39, 0.29) is 12.8 Å². The van der Waals surface area contributed by atoms with E-state index >= 15 is 0 Å². The highest BCUT2D eigenvalue weighted by Crippen LogP contribution is 2.47. The lowest BCUT2D eigenvalue weighted by atomic mass is 9.85. The standard InChI is InChI=1S/C47H83O13P/c1-3-5-7-9-11-13-15-17-19-20-22-24-26-28-30-32-34-36-41(49)59-39(38-58-61(55,56)60-47-45(53)43(51)42(50)44(52)46(47)54)37-57-40(48)35-33-31-29-27-25-23-21-18-16-14-12-10-8-6-4-2/h17,19,22,24-25,27-28,30,39,42-47,50-54H,3-16,18,20-21,23,26,29,31-38H2,1-2H3,(H,55,56)/b19-17+,24-22+,27-25+,30-28+/t39-,42?,43+,44?,45?,46?,47?/m1/s1. The first-order valence-corrected chi connectivity index (χ1v) is 24.9. The SMILES string of the molecule is CCCCCCCC/C=C/C/C=C/C/C=C/CCCC(=O)O[C@H](COC(=O)CCCC/C=C/CCCCCCCCCCC)COP(=O)(O)OC1C(O)C(O)C(O)[C@H](O)C1O. The third kappa shape index (κ3) is 29.7. The van der Waals surface area contributed by atoms with Crippen molar-refractivity contribution in [2.24, 2.45) is 0 Å². The summed E-state index contributed by atoms with van der Waals surface area (Å²) in [5.74, 6) is -1.19. The molecule has 6 N–H and O–H groups in total. The van der Waals surface area contributed by atoms with Crippen LogP contribution in [0, 0.1) is 0 Å². The smallest absolute Gasteiger partial charge is 0.462 e. The molecule has 1 aliphatic carbocycles. The third-order valence-electron chi connectivity index (χ3n) is 10.6. The van der Waals surface area contributed by atoms with Gasteiger partial charge in [0.05, 0.1) is 6.61 Å². The molecule has 1 aliphatic rings. The van der Waals surface area contributed by atoms with Crippen molar-refractivity contribution in [3.05, 3.63) is 48.6 Å². The number of allylic oxidation sites excluding steroid dienone is 8. The van der Waals surface area contributed by atoms with Gasteiger partial charge in [-0.15, -0.1) is 0 Å². The second kappa shape index (κ2) is 37.2. The Morgan fingerprint density at radius 2 is 0.902 bits per heavy atom. The van der Waals surface area contributed by atoms with Gasteiger partial charge in [0.1, 0.15) is 43.2 Å². The number of esters is 2. The Bertz CT molecular complexity index is 1250. The van der Waals surface area contributed by atoms with Crippen LogP contribution >= 0.6 is 7.82 Å². The Kier molecular flexibility index (Phi) is 34.7. The summed E-state index contributed by atoms with van der Waals surface area (Å²) in [6.07, 6.45) is 30.3. The van der Waals surface area contributed by atoms with E-state index in [1.54, 1.807) is 0 Å². The van der Waals surface area contributed by atoms with E-state index in [0.29, 0.717) is 19.3 Å². The first-order chi connectivity index (χ1) is 29.4. The van der Waals surface area contributed by atoms with Crippen LogP contribution in [0.3, 0.4) is 0 Å². The molecule has 61 heavy (non-hydrogen) atoms. The van der Waals surface area contributed by atoms with Crippen molar-refractivity contribution in [1.82, 2.24) is 0 Å². The number of aliphatic hydroxyl groups is 5. The number of ether oxygens (including phenoxy) is 2. The number of aliphatic hydroxyl groups excluding tert-OH is 5. The quantitative estimate of drug-likeness (QED) is 0.0148. The summed E-state index contributed by atoms with van der Waals surface area (Å²) in [5.41, 5.74) is 0. The first-order valence-electron chi connectivity index (χ1n) is 23.4. The summed E-state index contributed by atoms with van der Waals surface area (Å²) in [6, 6.07) is 0. The molecule has 0 amide bonds. The van der Waals surface area contributed by atoms with Crippen molar-refractivity contribution in [3.63, 3.8) is 0 Å². The number of rotatable bonds is 38. The maximum atomic E-state index is 12.8. The van der Waals surface area contributed by atoms with Crippen molar-refractivity contribution in [1.29, 1.82) is 0 Å². The normalized spacial score (nSPS) is 22.4. The molecule has 0 heterocycles. The molecule has 0 aromatic heterocycles. The monoisotopic (exact) mass is 887 g/mol. The molecule has 6 unspecified atom stereocenters. The average molecular weight is 887 g/mol. The van der Waals surface area contributed by atoms with Crippen molar-refractivity contribution < 1.29 is 63.1 Å². The minimum Gasteiger partial charge on any atom is -0.462 e. The zero-order valence-electron chi connectivity index (χ0n) is 37.4. The Morgan fingerprint density at radius 1 is 0.508 bits per heavy atom.